The number of carbonyl (C=O) groups excluding carboxylic acids is 3. The van der Waals surface area contributed by atoms with E-state index in [1.54, 1.807) is 4.72 Å². The van der Waals surface area contributed by atoms with E-state index in [1.807, 2.05) is 5.32 Å². The highest BCUT2D eigenvalue weighted by molar-refractivity contribution is 7.87. The molecule has 17 heavy (non-hydrogen) atoms. The van der Waals surface area contributed by atoms with Crippen molar-refractivity contribution in [2.24, 2.45) is 0 Å². The number of amides is 3. The standard InChI is InChI=1S/C7H11N3O6S/c1-2-16-7(13)9-17(14,15)10-3-5(11)8-6(12)4-10/h2-4H2,1H3,(H,9,13)(H,8,11,12). The van der Waals surface area contributed by atoms with Gasteiger partial charge in [-0.3, -0.25) is 14.9 Å². The Kier molecular flexibility index (Phi) is 4.02. The summed E-state index contributed by atoms with van der Waals surface area (Å²) in [6.07, 6.45) is -1.16. The number of hydrogen-bond acceptors (Lipinski definition) is 6. The molecule has 96 valence electrons. The van der Waals surface area contributed by atoms with Crippen molar-refractivity contribution in [3.05, 3.63) is 0 Å². The molecular weight excluding hydrogens is 254 g/mol. The summed E-state index contributed by atoms with van der Waals surface area (Å²) >= 11 is 0. The molecular formula is C7H11N3O6S. The molecule has 0 aliphatic carbocycles. The molecule has 0 spiro atoms. The van der Waals surface area contributed by atoms with E-state index >= 15 is 0 Å². The molecule has 1 heterocycles. The van der Waals surface area contributed by atoms with Crippen molar-refractivity contribution in [2.45, 2.75) is 6.92 Å². The molecule has 3 amide bonds. The Morgan fingerprint density at radius 3 is 2.41 bits per heavy atom. The van der Waals surface area contributed by atoms with Crippen molar-refractivity contribution in [3.8, 4) is 0 Å². The maximum Gasteiger partial charge on any atom is 0.421 e. The zero-order valence-electron chi connectivity index (χ0n) is 8.93. The van der Waals surface area contributed by atoms with E-state index in [0.29, 0.717) is 4.31 Å². The summed E-state index contributed by atoms with van der Waals surface area (Å²) in [4.78, 5) is 32.9. The third kappa shape index (κ3) is 3.67. The van der Waals surface area contributed by atoms with Crippen LogP contribution in [-0.4, -0.2) is 50.3 Å². The molecule has 0 bridgehead atoms. The van der Waals surface area contributed by atoms with Gasteiger partial charge in [0.05, 0.1) is 19.7 Å². The average molecular weight is 265 g/mol. The van der Waals surface area contributed by atoms with Crippen molar-refractivity contribution in [1.82, 2.24) is 14.3 Å². The average Bonchev–Trinajstić information content (AvgIpc) is 2.15. The number of rotatable bonds is 3. The van der Waals surface area contributed by atoms with E-state index < -0.39 is 41.2 Å². The first-order chi connectivity index (χ1) is 7.85. The third-order valence-corrected chi connectivity index (χ3v) is 3.11. The first-order valence-electron chi connectivity index (χ1n) is 4.62. The van der Waals surface area contributed by atoms with Gasteiger partial charge in [-0.05, 0) is 6.92 Å². The highest BCUT2D eigenvalue weighted by Gasteiger charge is 2.33. The Balaban J connectivity index is 2.73. The highest BCUT2D eigenvalue weighted by Crippen LogP contribution is 2.01. The summed E-state index contributed by atoms with van der Waals surface area (Å²) in [7, 11) is -4.24. The number of nitrogens with one attached hydrogen (secondary N) is 2. The van der Waals surface area contributed by atoms with Gasteiger partial charge in [-0.1, -0.05) is 0 Å². The van der Waals surface area contributed by atoms with Gasteiger partial charge in [0.1, 0.15) is 0 Å². The fourth-order valence-electron chi connectivity index (χ4n) is 1.11. The van der Waals surface area contributed by atoms with Crippen LogP contribution in [0, 0.1) is 0 Å². The number of imide groups is 1. The molecule has 0 aromatic heterocycles. The van der Waals surface area contributed by atoms with E-state index in [0.717, 1.165) is 0 Å². The molecule has 0 aromatic carbocycles. The number of piperazine rings is 1. The maximum atomic E-state index is 11.5. The zero-order chi connectivity index (χ0) is 13.1. The van der Waals surface area contributed by atoms with Gasteiger partial charge >= 0.3 is 16.3 Å². The normalized spacial score (nSPS) is 17.5. The first kappa shape index (κ1) is 13.4. The van der Waals surface area contributed by atoms with Crippen LogP contribution in [0.3, 0.4) is 0 Å². The Morgan fingerprint density at radius 2 is 1.94 bits per heavy atom. The van der Waals surface area contributed by atoms with E-state index in [4.69, 9.17) is 0 Å². The van der Waals surface area contributed by atoms with Crippen molar-refractivity contribution in [2.75, 3.05) is 19.7 Å². The number of hydrogen-bond donors (Lipinski definition) is 2. The molecule has 9 nitrogen and oxygen atoms in total. The van der Waals surface area contributed by atoms with Crippen LogP contribution in [0.2, 0.25) is 0 Å². The van der Waals surface area contributed by atoms with Gasteiger partial charge in [0.2, 0.25) is 11.8 Å². The van der Waals surface area contributed by atoms with Crippen LogP contribution >= 0.6 is 0 Å². The monoisotopic (exact) mass is 265 g/mol. The Bertz CT molecular complexity index is 429. The van der Waals surface area contributed by atoms with E-state index in [9.17, 15) is 22.8 Å². The Morgan fingerprint density at radius 1 is 1.41 bits per heavy atom. The highest BCUT2D eigenvalue weighted by atomic mass is 32.2. The minimum atomic E-state index is -4.24. The molecule has 1 aliphatic heterocycles. The predicted molar refractivity (Wildman–Crippen MR) is 53.8 cm³/mol. The maximum absolute atomic E-state index is 11.5. The largest absolute Gasteiger partial charge is 0.449 e. The van der Waals surface area contributed by atoms with Crippen molar-refractivity contribution in [3.63, 3.8) is 0 Å². The van der Waals surface area contributed by atoms with Crippen molar-refractivity contribution >= 4 is 28.1 Å². The fourth-order valence-corrected chi connectivity index (χ4v) is 2.08. The third-order valence-electron chi connectivity index (χ3n) is 1.75. The quantitative estimate of drug-likeness (QED) is 0.565. The molecule has 0 saturated carbocycles. The molecule has 2 N–H and O–H groups in total. The summed E-state index contributed by atoms with van der Waals surface area (Å²) in [5, 5.41) is 1.93. The second kappa shape index (κ2) is 5.10. The van der Waals surface area contributed by atoms with Gasteiger partial charge < -0.3 is 4.74 Å². The molecule has 1 aliphatic rings. The molecule has 1 fully saturated rings. The molecule has 10 heteroatoms. The lowest BCUT2D eigenvalue weighted by molar-refractivity contribution is -0.134. The van der Waals surface area contributed by atoms with Gasteiger partial charge in [0.15, 0.2) is 0 Å². The van der Waals surface area contributed by atoms with Gasteiger partial charge in [-0.2, -0.15) is 12.7 Å². The van der Waals surface area contributed by atoms with Crippen LogP contribution in [0.1, 0.15) is 6.92 Å². The van der Waals surface area contributed by atoms with Crippen LogP contribution in [0.15, 0.2) is 0 Å². The molecule has 0 unspecified atom stereocenters. The van der Waals surface area contributed by atoms with E-state index in [1.165, 1.54) is 6.92 Å². The van der Waals surface area contributed by atoms with Gasteiger partial charge in [0.25, 0.3) is 0 Å². The van der Waals surface area contributed by atoms with E-state index in [2.05, 4.69) is 4.74 Å². The predicted octanol–water partition coefficient (Wildman–Crippen LogP) is -2.06. The van der Waals surface area contributed by atoms with E-state index in [-0.39, 0.29) is 6.61 Å². The topological polar surface area (TPSA) is 122 Å². The summed E-state index contributed by atoms with van der Waals surface area (Å²) in [6, 6.07) is 0. The number of ether oxygens (including phenoxy) is 1. The number of nitrogens with zero attached hydrogens (tertiary/aromatic N) is 1. The van der Waals surface area contributed by atoms with Gasteiger partial charge in [-0.15, -0.1) is 0 Å². The molecule has 0 radical (unpaired) electrons. The van der Waals surface area contributed by atoms with Crippen LogP contribution in [-0.2, 0) is 24.5 Å². The van der Waals surface area contributed by atoms with Gasteiger partial charge in [0, 0.05) is 0 Å². The first-order valence-corrected chi connectivity index (χ1v) is 6.06. The van der Waals surface area contributed by atoms with Crippen molar-refractivity contribution < 1.29 is 27.5 Å². The molecule has 0 aromatic rings. The fraction of sp³-hybridized carbons (Fsp3) is 0.571. The Labute approximate surface area is 97.3 Å². The lowest BCUT2D eigenvalue weighted by Gasteiger charge is -2.24. The minimum absolute atomic E-state index is 0.000764. The Hall–Kier alpha value is -1.68. The number of carbonyl (C=O) groups is 3. The van der Waals surface area contributed by atoms with Crippen LogP contribution in [0.4, 0.5) is 4.79 Å². The lowest BCUT2D eigenvalue weighted by Crippen LogP contribution is -2.56. The lowest BCUT2D eigenvalue weighted by atomic mass is 10.4. The van der Waals surface area contributed by atoms with Crippen LogP contribution in [0.5, 0.6) is 0 Å². The minimum Gasteiger partial charge on any atom is -0.449 e. The SMILES string of the molecule is CCOC(=O)NS(=O)(=O)N1CC(=O)NC(=O)C1. The zero-order valence-corrected chi connectivity index (χ0v) is 9.74. The van der Waals surface area contributed by atoms with Gasteiger partial charge in [-0.25, -0.2) is 9.52 Å². The van der Waals surface area contributed by atoms with Crippen molar-refractivity contribution in [1.29, 1.82) is 0 Å². The molecule has 1 rings (SSSR count). The second-order valence-electron chi connectivity index (χ2n) is 3.07. The molecule has 1 saturated heterocycles. The summed E-state index contributed by atoms with van der Waals surface area (Å²) < 4.78 is 29.6. The molecule has 0 atom stereocenters. The summed E-state index contributed by atoms with van der Waals surface area (Å²) in [5.74, 6) is -1.51. The second-order valence-corrected chi connectivity index (χ2v) is 4.74. The summed E-state index contributed by atoms with van der Waals surface area (Å²) in [5.41, 5.74) is 0. The summed E-state index contributed by atoms with van der Waals surface area (Å²) in [6.45, 7) is 0.450. The van der Waals surface area contributed by atoms with Crippen LogP contribution in [0.25, 0.3) is 0 Å². The smallest absolute Gasteiger partial charge is 0.421 e. The van der Waals surface area contributed by atoms with Crippen LogP contribution < -0.4 is 10.0 Å².